The van der Waals surface area contributed by atoms with Crippen LogP contribution in [0.1, 0.15) is 50.7 Å². The van der Waals surface area contributed by atoms with Gasteiger partial charge in [0.15, 0.2) is 0 Å². The van der Waals surface area contributed by atoms with Gasteiger partial charge in [-0.25, -0.2) is 9.59 Å². The van der Waals surface area contributed by atoms with E-state index in [-0.39, 0.29) is 12.5 Å². The Morgan fingerprint density at radius 3 is 2.11 bits per heavy atom. The summed E-state index contributed by atoms with van der Waals surface area (Å²) in [5.74, 6) is -0.755. The average molecular weight is 381 g/mol. The van der Waals surface area contributed by atoms with Crippen molar-refractivity contribution in [3.05, 3.63) is 59.7 Å². The van der Waals surface area contributed by atoms with Gasteiger partial charge in [0.05, 0.1) is 0 Å². The number of benzene rings is 2. The van der Waals surface area contributed by atoms with E-state index < -0.39 is 17.6 Å². The van der Waals surface area contributed by atoms with E-state index in [1.807, 2.05) is 50.2 Å². The van der Waals surface area contributed by atoms with Crippen LogP contribution in [-0.4, -0.2) is 29.3 Å². The first-order chi connectivity index (χ1) is 13.3. The number of carboxylic acid groups (broad SMARTS) is 1. The minimum absolute atomic E-state index is 0.0510. The predicted molar refractivity (Wildman–Crippen MR) is 108 cm³/mol. The number of alkyl carbamates (subject to hydrolysis) is 1. The lowest BCUT2D eigenvalue weighted by molar-refractivity contribution is -0.144. The number of rotatable bonds is 7. The first kappa shape index (κ1) is 19.9. The molecule has 0 saturated heterocycles. The van der Waals surface area contributed by atoms with E-state index >= 15 is 0 Å². The van der Waals surface area contributed by atoms with Crippen molar-refractivity contribution in [1.82, 2.24) is 5.32 Å². The molecule has 0 bridgehead atoms. The highest BCUT2D eigenvalue weighted by Gasteiger charge is 2.36. The van der Waals surface area contributed by atoms with Crippen molar-refractivity contribution < 1.29 is 19.4 Å². The SMILES string of the molecule is CC(C)CCC(C)(NC(=O)OCC1c2ccccc2-c2ccccc21)C(=O)O. The Morgan fingerprint density at radius 1 is 1.07 bits per heavy atom. The van der Waals surface area contributed by atoms with Crippen molar-refractivity contribution in [2.45, 2.75) is 45.1 Å². The highest BCUT2D eigenvalue weighted by Crippen LogP contribution is 2.44. The fraction of sp³-hybridized carbons (Fsp3) is 0.391. The molecule has 2 N–H and O–H groups in total. The molecular weight excluding hydrogens is 354 g/mol. The van der Waals surface area contributed by atoms with Gasteiger partial charge in [0.2, 0.25) is 0 Å². The molecule has 1 aliphatic rings. The van der Waals surface area contributed by atoms with Crippen molar-refractivity contribution >= 4 is 12.1 Å². The van der Waals surface area contributed by atoms with Gasteiger partial charge in [0.1, 0.15) is 12.1 Å². The van der Waals surface area contributed by atoms with E-state index in [2.05, 4.69) is 17.4 Å². The first-order valence-electron chi connectivity index (χ1n) is 9.68. The number of carboxylic acids is 1. The van der Waals surface area contributed by atoms with Crippen LogP contribution in [0.25, 0.3) is 11.1 Å². The van der Waals surface area contributed by atoms with Crippen molar-refractivity contribution in [3.8, 4) is 11.1 Å². The van der Waals surface area contributed by atoms with Crippen molar-refractivity contribution in [3.63, 3.8) is 0 Å². The highest BCUT2D eigenvalue weighted by molar-refractivity contribution is 5.84. The van der Waals surface area contributed by atoms with Crippen LogP contribution < -0.4 is 5.32 Å². The number of fused-ring (bicyclic) bond motifs is 3. The topological polar surface area (TPSA) is 75.6 Å². The summed E-state index contributed by atoms with van der Waals surface area (Å²) in [6, 6.07) is 16.2. The molecule has 2 aromatic carbocycles. The Morgan fingerprint density at radius 2 is 1.61 bits per heavy atom. The molecule has 1 atom stereocenters. The molecule has 1 amide bonds. The van der Waals surface area contributed by atoms with E-state index in [9.17, 15) is 14.7 Å². The van der Waals surface area contributed by atoms with Crippen LogP contribution in [0.15, 0.2) is 48.5 Å². The second-order valence-electron chi connectivity index (χ2n) is 8.02. The zero-order valence-corrected chi connectivity index (χ0v) is 16.6. The average Bonchev–Trinajstić information content (AvgIpc) is 2.98. The molecular formula is C23H27NO4. The Balaban J connectivity index is 1.70. The minimum atomic E-state index is -1.34. The summed E-state index contributed by atoms with van der Waals surface area (Å²) < 4.78 is 5.48. The summed E-state index contributed by atoms with van der Waals surface area (Å²) in [5, 5.41) is 12.1. The van der Waals surface area contributed by atoms with Gasteiger partial charge in [-0.15, -0.1) is 0 Å². The molecule has 0 aliphatic heterocycles. The summed E-state index contributed by atoms with van der Waals surface area (Å²) >= 11 is 0. The molecule has 3 rings (SSSR count). The fourth-order valence-electron chi connectivity index (χ4n) is 3.66. The molecule has 0 radical (unpaired) electrons. The maximum Gasteiger partial charge on any atom is 0.408 e. The van der Waals surface area contributed by atoms with Crippen LogP contribution in [0.2, 0.25) is 0 Å². The van der Waals surface area contributed by atoms with Crippen LogP contribution >= 0.6 is 0 Å². The van der Waals surface area contributed by atoms with Crippen LogP contribution in [0.4, 0.5) is 4.79 Å². The van der Waals surface area contributed by atoms with Crippen LogP contribution in [0, 0.1) is 5.92 Å². The molecule has 1 aliphatic carbocycles. The molecule has 0 saturated carbocycles. The molecule has 1 unspecified atom stereocenters. The summed E-state index contributed by atoms with van der Waals surface area (Å²) in [6.07, 6.45) is 0.354. The maximum atomic E-state index is 12.4. The van der Waals surface area contributed by atoms with Gasteiger partial charge in [0, 0.05) is 5.92 Å². The predicted octanol–water partition coefficient (Wildman–Crippen LogP) is 4.80. The number of hydrogen-bond acceptors (Lipinski definition) is 3. The Labute approximate surface area is 165 Å². The fourth-order valence-corrected chi connectivity index (χ4v) is 3.66. The number of carbonyl (C=O) groups excluding carboxylic acids is 1. The van der Waals surface area contributed by atoms with Gasteiger partial charge in [0.25, 0.3) is 0 Å². The van der Waals surface area contributed by atoms with Crippen LogP contribution in [-0.2, 0) is 9.53 Å². The lowest BCUT2D eigenvalue weighted by atomic mass is 9.92. The lowest BCUT2D eigenvalue weighted by Gasteiger charge is -2.27. The molecule has 0 heterocycles. The van der Waals surface area contributed by atoms with Gasteiger partial charge >= 0.3 is 12.1 Å². The van der Waals surface area contributed by atoms with E-state index in [0.717, 1.165) is 22.3 Å². The molecule has 0 fully saturated rings. The lowest BCUT2D eigenvalue weighted by Crippen LogP contribution is -2.52. The standard InChI is InChI=1S/C23H27NO4/c1-15(2)12-13-23(3,21(25)26)24-22(27)28-14-20-18-10-6-4-8-16(18)17-9-5-7-11-19(17)20/h4-11,15,20H,12-14H2,1-3H3,(H,24,27)(H,25,26). The van der Waals surface area contributed by atoms with E-state index in [1.165, 1.54) is 6.92 Å². The zero-order chi connectivity index (χ0) is 20.3. The molecule has 148 valence electrons. The quantitative estimate of drug-likeness (QED) is 0.722. The summed E-state index contributed by atoms with van der Waals surface area (Å²) in [7, 11) is 0. The summed E-state index contributed by atoms with van der Waals surface area (Å²) in [4.78, 5) is 24.1. The normalized spacial score (nSPS) is 14.9. The first-order valence-corrected chi connectivity index (χ1v) is 9.68. The Hall–Kier alpha value is -2.82. The molecule has 5 nitrogen and oxygen atoms in total. The van der Waals surface area contributed by atoms with E-state index in [0.29, 0.717) is 18.8 Å². The molecule has 5 heteroatoms. The molecule has 2 aromatic rings. The van der Waals surface area contributed by atoms with Crippen molar-refractivity contribution in [2.24, 2.45) is 5.92 Å². The number of nitrogens with one attached hydrogen (secondary N) is 1. The third-order valence-electron chi connectivity index (χ3n) is 5.42. The number of aliphatic carboxylic acids is 1. The third kappa shape index (κ3) is 4.03. The number of ether oxygens (including phenoxy) is 1. The van der Waals surface area contributed by atoms with Gasteiger partial charge in [-0.05, 0) is 47.9 Å². The van der Waals surface area contributed by atoms with Crippen LogP contribution in [0.5, 0.6) is 0 Å². The highest BCUT2D eigenvalue weighted by atomic mass is 16.5. The third-order valence-corrected chi connectivity index (χ3v) is 5.42. The number of hydrogen-bond donors (Lipinski definition) is 2. The Kier molecular flexibility index (Phi) is 5.73. The number of carbonyl (C=O) groups is 2. The van der Waals surface area contributed by atoms with Gasteiger partial charge in [-0.2, -0.15) is 0 Å². The van der Waals surface area contributed by atoms with Gasteiger partial charge in [-0.1, -0.05) is 62.4 Å². The van der Waals surface area contributed by atoms with Gasteiger partial charge in [-0.3, -0.25) is 0 Å². The van der Waals surface area contributed by atoms with Crippen molar-refractivity contribution in [2.75, 3.05) is 6.61 Å². The largest absolute Gasteiger partial charge is 0.480 e. The zero-order valence-electron chi connectivity index (χ0n) is 16.6. The van der Waals surface area contributed by atoms with E-state index in [4.69, 9.17) is 4.74 Å². The Bertz CT molecular complexity index is 831. The summed E-state index contributed by atoms with van der Waals surface area (Å²) in [5.41, 5.74) is 3.21. The second kappa shape index (κ2) is 8.05. The maximum absolute atomic E-state index is 12.4. The monoisotopic (exact) mass is 381 g/mol. The summed E-state index contributed by atoms with van der Waals surface area (Å²) in [6.45, 7) is 5.74. The van der Waals surface area contributed by atoms with Crippen molar-refractivity contribution in [1.29, 1.82) is 0 Å². The second-order valence-corrected chi connectivity index (χ2v) is 8.02. The molecule has 28 heavy (non-hydrogen) atoms. The van der Waals surface area contributed by atoms with E-state index in [1.54, 1.807) is 0 Å². The van der Waals surface area contributed by atoms with Crippen LogP contribution in [0.3, 0.4) is 0 Å². The smallest absolute Gasteiger partial charge is 0.408 e. The minimum Gasteiger partial charge on any atom is -0.480 e. The molecule has 0 aromatic heterocycles. The number of amides is 1. The molecule has 0 spiro atoms. The van der Waals surface area contributed by atoms with Gasteiger partial charge < -0.3 is 15.2 Å².